The Balaban J connectivity index is 2.85. The van der Waals surface area contributed by atoms with E-state index in [1.165, 1.54) is 0 Å². The molecular weight excluding hydrogens is 233 g/mol. The normalized spacial score (nSPS) is 13.1. The van der Waals surface area contributed by atoms with Crippen LogP contribution in [0.25, 0.3) is 0 Å². The summed E-state index contributed by atoms with van der Waals surface area (Å²) in [5, 5.41) is 4.98. The van der Waals surface area contributed by atoms with Gasteiger partial charge in [-0.15, -0.1) is 0 Å². The topological polar surface area (TPSA) is 41.6 Å². The molecule has 0 radical (unpaired) electrons. The van der Waals surface area contributed by atoms with Crippen molar-refractivity contribution in [3.05, 3.63) is 11.6 Å². The molecule has 92 valence electrons. The number of halogens is 5. The van der Waals surface area contributed by atoms with Gasteiger partial charge < -0.3 is 0 Å². The Morgan fingerprint density at radius 1 is 1.19 bits per heavy atom. The standard InChI is InChI=1S/C8H10F5N3/c1-2-3-4-5-14-6(16-15-5)7(9,10)8(11,12)13/h2-4H2,1H3,(H,14,15,16). The molecular formula is C8H10F5N3. The second-order valence-corrected chi connectivity index (χ2v) is 3.28. The third kappa shape index (κ3) is 2.48. The van der Waals surface area contributed by atoms with E-state index in [0.29, 0.717) is 12.8 Å². The van der Waals surface area contributed by atoms with Crippen LogP contribution >= 0.6 is 0 Å². The highest BCUT2D eigenvalue weighted by Gasteiger charge is 2.61. The number of rotatable bonds is 4. The van der Waals surface area contributed by atoms with E-state index < -0.39 is 17.9 Å². The number of H-pyrrole nitrogens is 1. The molecule has 0 atom stereocenters. The monoisotopic (exact) mass is 243 g/mol. The van der Waals surface area contributed by atoms with Crippen LogP contribution in [0.3, 0.4) is 0 Å². The molecule has 0 aliphatic carbocycles. The van der Waals surface area contributed by atoms with Gasteiger partial charge in [0.2, 0.25) is 5.82 Å². The predicted octanol–water partition coefficient (Wildman–Crippen LogP) is 2.80. The van der Waals surface area contributed by atoms with Gasteiger partial charge in [0.15, 0.2) is 0 Å². The molecule has 0 aliphatic rings. The molecule has 0 saturated carbocycles. The zero-order chi connectivity index (χ0) is 12.4. The number of unbranched alkanes of at least 4 members (excludes halogenated alkanes) is 1. The molecule has 0 amide bonds. The molecule has 0 unspecified atom stereocenters. The average Bonchev–Trinajstić information content (AvgIpc) is 2.61. The minimum atomic E-state index is -5.67. The smallest absolute Gasteiger partial charge is 0.263 e. The highest BCUT2D eigenvalue weighted by molar-refractivity contribution is 5.01. The number of alkyl halides is 5. The molecule has 0 aliphatic heterocycles. The van der Waals surface area contributed by atoms with Gasteiger partial charge in [-0.2, -0.15) is 27.1 Å². The number of aromatic nitrogens is 3. The number of hydrogen-bond acceptors (Lipinski definition) is 2. The molecule has 1 heterocycles. The van der Waals surface area contributed by atoms with Gasteiger partial charge in [0.25, 0.3) is 0 Å². The van der Waals surface area contributed by atoms with E-state index in [4.69, 9.17) is 0 Å². The fourth-order valence-electron chi connectivity index (χ4n) is 1.02. The van der Waals surface area contributed by atoms with Gasteiger partial charge in [0, 0.05) is 6.42 Å². The van der Waals surface area contributed by atoms with Gasteiger partial charge >= 0.3 is 12.1 Å². The maximum atomic E-state index is 12.7. The zero-order valence-corrected chi connectivity index (χ0v) is 8.41. The summed E-state index contributed by atoms with van der Waals surface area (Å²) in [5.41, 5.74) is 0. The zero-order valence-electron chi connectivity index (χ0n) is 8.41. The van der Waals surface area contributed by atoms with E-state index in [-0.39, 0.29) is 5.82 Å². The Morgan fingerprint density at radius 2 is 1.81 bits per heavy atom. The third-order valence-corrected chi connectivity index (χ3v) is 1.94. The molecule has 16 heavy (non-hydrogen) atoms. The summed E-state index contributed by atoms with van der Waals surface area (Å²) in [5.74, 6) is -6.49. The van der Waals surface area contributed by atoms with Gasteiger partial charge in [-0.1, -0.05) is 13.3 Å². The Hall–Kier alpha value is -1.21. The number of hydrogen-bond donors (Lipinski definition) is 1. The lowest BCUT2D eigenvalue weighted by Crippen LogP contribution is -2.34. The van der Waals surface area contributed by atoms with Crippen molar-refractivity contribution in [2.24, 2.45) is 0 Å². The maximum absolute atomic E-state index is 12.7. The Bertz CT molecular complexity index is 344. The van der Waals surface area contributed by atoms with Crippen molar-refractivity contribution in [1.29, 1.82) is 0 Å². The summed E-state index contributed by atoms with van der Waals surface area (Å²) < 4.78 is 61.3. The van der Waals surface area contributed by atoms with Crippen LogP contribution in [0.15, 0.2) is 0 Å². The number of nitrogens with one attached hydrogen (secondary N) is 1. The number of aryl methyl sites for hydroxylation is 1. The van der Waals surface area contributed by atoms with Gasteiger partial charge in [-0.25, -0.2) is 4.98 Å². The number of nitrogens with zero attached hydrogens (tertiary/aromatic N) is 2. The first-order chi connectivity index (χ1) is 7.29. The van der Waals surface area contributed by atoms with E-state index in [9.17, 15) is 22.0 Å². The van der Waals surface area contributed by atoms with Crippen molar-refractivity contribution in [3.8, 4) is 0 Å². The first-order valence-corrected chi connectivity index (χ1v) is 4.65. The lowest BCUT2D eigenvalue weighted by Gasteiger charge is -2.15. The fourth-order valence-corrected chi connectivity index (χ4v) is 1.02. The molecule has 1 aromatic heterocycles. The first kappa shape index (κ1) is 12.9. The summed E-state index contributed by atoms with van der Waals surface area (Å²) in [6.45, 7) is 1.86. The molecule has 1 rings (SSSR count). The van der Waals surface area contributed by atoms with Crippen LogP contribution in [-0.4, -0.2) is 21.4 Å². The Morgan fingerprint density at radius 3 is 2.31 bits per heavy atom. The molecule has 0 saturated heterocycles. The molecule has 0 fully saturated rings. The molecule has 3 nitrogen and oxygen atoms in total. The van der Waals surface area contributed by atoms with Crippen LogP contribution < -0.4 is 0 Å². The van der Waals surface area contributed by atoms with Crippen molar-refractivity contribution in [3.63, 3.8) is 0 Å². The van der Waals surface area contributed by atoms with Crippen molar-refractivity contribution < 1.29 is 22.0 Å². The SMILES string of the molecule is CCCCc1nc(C(F)(F)C(F)(F)F)n[nH]1. The van der Waals surface area contributed by atoms with Gasteiger partial charge in [-0.05, 0) is 6.42 Å². The minimum Gasteiger partial charge on any atom is -0.263 e. The van der Waals surface area contributed by atoms with E-state index in [2.05, 4.69) is 15.2 Å². The second-order valence-electron chi connectivity index (χ2n) is 3.28. The van der Waals surface area contributed by atoms with Gasteiger partial charge in [0.1, 0.15) is 5.82 Å². The van der Waals surface area contributed by atoms with Crippen molar-refractivity contribution in [1.82, 2.24) is 15.2 Å². The third-order valence-electron chi connectivity index (χ3n) is 1.94. The van der Waals surface area contributed by atoms with Crippen molar-refractivity contribution >= 4 is 0 Å². The quantitative estimate of drug-likeness (QED) is 0.826. The maximum Gasteiger partial charge on any atom is 0.461 e. The lowest BCUT2D eigenvalue weighted by atomic mass is 10.2. The van der Waals surface area contributed by atoms with Crippen LogP contribution in [0.5, 0.6) is 0 Å². The highest BCUT2D eigenvalue weighted by atomic mass is 19.4. The van der Waals surface area contributed by atoms with E-state index in [1.807, 2.05) is 6.92 Å². The van der Waals surface area contributed by atoms with Crippen molar-refractivity contribution in [2.45, 2.75) is 38.3 Å². The molecule has 1 aromatic rings. The fraction of sp³-hybridized carbons (Fsp3) is 0.750. The second kappa shape index (κ2) is 4.34. The Labute approximate surface area is 88.1 Å². The first-order valence-electron chi connectivity index (χ1n) is 4.65. The predicted molar refractivity (Wildman–Crippen MR) is 44.9 cm³/mol. The van der Waals surface area contributed by atoms with Crippen LogP contribution in [0.2, 0.25) is 0 Å². The largest absolute Gasteiger partial charge is 0.461 e. The van der Waals surface area contributed by atoms with E-state index in [1.54, 1.807) is 0 Å². The number of aromatic amines is 1. The lowest BCUT2D eigenvalue weighted by molar-refractivity contribution is -0.292. The van der Waals surface area contributed by atoms with E-state index >= 15 is 0 Å². The van der Waals surface area contributed by atoms with Crippen LogP contribution in [-0.2, 0) is 12.3 Å². The molecule has 0 aromatic carbocycles. The average molecular weight is 243 g/mol. The van der Waals surface area contributed by atoms with Crippen LogP contribution in [0.1, 0.15) is 31.4 Å². The summed E-state index contributed by atoms with van der Waals surface area (Å²) in [4.78, 5) is 3.15. The summed E-state index contributed by atoms with van der Waals surface area (Å²) >= 11 is 0. The van der Waals surface area contributed by atoms with Gasteiger partial charge in [-0.3, -0.25) is 5.10 Å². The molecule has 0 spiro atoms. The van der Waals surface area contributed by atoms with Gasteiger partial charge in [0.05, 0.1) is 0 Å². The van der Waals surface area contributed by atoms with Crippen molar-refractivity contribution in [2.75, 3.05) is 0 Å². The Kier molecular flexibility index (Phi) is 3.49. The minimum absolute atomic E-state index is 0.0424. The highest BCUT2D eigenvalue weighted by Crippen LogP contribution is 2.42. The van der Waals surface area contributed by atoms with Crippen LogP contribution in [0, 0.1) is 0 Å². The van der Waals surface area contributed by atoms with E-state index in [0.717, 1.165) is 6.42 Å². The summed E-state index contributed by atoms with van der Waals surface area (Å²) in [7, 11) is 0. The summed E-state index contributed by atoms with van der Waals surface area (Å²) in [6.07, 6.45) is -3.94. The molecule has 0 bridgehead atoms. The van der Waals surface area contributed by atoms with Crippen LogP contribution in [0.4, 0.5) is 22.0 Å². The summed E-state index contributed by atoms with van der Waals surface area (Å²) in [6, 6.07) is 0. The molecule has 1 N–H and O–H groups in total. The molecule has 8 heteroatoms.